The lowest BCUT2D eigenvalue weighted by Gasteiger charge is -2.25. The molecule has 0 bridgehead atoms. The van der Waals surface area contributed by atoms with Crippen LogP contribution in [0, 0.1) is 0 Å². The van der Waals surface area contributed by atoms with Crippen LogP contribution in [0.4, 0.5) is 16.4 Å². The molecule has 2 aromatic heterocycles. The van der Waals surface area contributed by atoms with Crippen LogP contribution in [0.1, 0.15) is 17.2 Å². The Hall–Kier alpha value is -4.11. The number of pyridine rings is 1. The molecule has 0 radical (unpaired) electrons. The summed E-state index contributed by atoms with van der Waals surface area (Å²) in [5.74, 6) is 0.465. The summed E-state index contributed by atoms with van der Waals surface area (Å²) in [7, 11) is 3.14. The minimum absolute atomic E-state index is 0.183. The number of fused-ring (bicyclic) bond motifs is 1. The van der Waals surface area contributed by atoms with E-state index in [0.717, 1.165) is 0 Å². The topological polar surface area (TPSA) is 129 Å². The largest absolute Gasteiger partial charge is 0.414 e. The zero-order chi connectivity index (χ0) is 24.9. The monoisotopic (exact) mass is 508 g/mol. The number of hydrogen-bond acceptors (Lipinski definition) is 7. The predicted octanol–water partition coefficient (Wildman–Crippen LogP) is 6.54. The van der Waals surface area contributed by atoms with E-state index in [1.165, 1.54) is 4.90 Å². The van der Waals surface area contributed by atoms with Crippen molar-refractivity contribution in [1.29, 1.82) is 0 Å². The number of azide groups is 1. The van der Waals surface area contributed by atoms with Crippen molar-refractivity contribution in [3.63, 3.8) is 0 Å². The van der Waals surface area contributed by atoms with Gasteiger partial charge < -0.3 is 15.0 Å². The van der Waals surface area contributed by atoms with Gasteiger partial charge >= 0.3 is 6.09 Å². The zero-order valence-electron chi connectivity index (χ0n) is 18.6. The van der Waals surface area contributed by atoms with Gasteiger partial charge in [-0.2, -0.15) is 0 Å². The number of benzene rings is 2. The maximum Gasteiger partial charge on any atom is 0.414 e. The van der Waals surface area contributed by atoms with E-state index in [1.54, 1.807) is 75.2 Å². The van der Waals surface area contributed by atoms with E-state index in [2.05, 4.69) is 30.3 Å². The Bertz CT molecular complexity index is 1440. The first-order valence-corrected chi connectivity index (χ1v) is 11.0. The van der Waals surface area contributed by atoms with Crippen LogP contribution in [-0.2, 0) is 0 Å². The number of carbonyl (C=O) groups is 1. The first-order chi connectivity index (χ1) is 16.9. The van der Waals surface area contributed by atoms with Gasteiger partial charge in [0.05, 0.1) is 21.8 Å². The summed E-state index contributed by atoms with van der Waals surface area (Å²) >= 11 is 13.3. The molecule has 1 N–H and O–H groups in total. The van der Waals surface area contributed by atoms with Crippen LogP contribution in [0.2, 0.25) is 10.0 Å². The van der Waals surface area contributed by atoms with Crippen molar-refractivity contribution >= 4 is 51.8 Å². The molecule has 0 saturated heterocycles. The number of nitrogens with zero attached hydrogens (tertiary/aromatic N) is 7. The quantitative estimate of drug-likeness (QED) is 0.179. The van der Waals surface area contributed by atoms with Crippen molar-refractivity contribution in [2.24, 2.45) is 5.11 Å². The molecule has 0 saturated carbocycles. The van der Waals surface area contributed by atoms with Crippen LogP contribution >= 0.6 is 23.2 Å². The molecule has 1 atom stereocenters. The smallest absolute Gasteiger partial charge is 0.407 e. The van der Waals surface area contributed by atoms with Gasteiger partial charge in [-0.15, -0.1) is 0 Å². The Labute approximate surface area is 210 Å². The van der Waals surface area contributed by atoms with Crippen LogP contribution in [0.3, 0.4) is 0 Å². The molecule has 10 nitrogen and oxygen atoms in total. The fourth-order valence-corrected chi connectivity index (χ4v) is 3.95. The highest BCUT2D eigenvalue weighted by Crippen LogP contribution is 2.43. The van der Waals surface area contributed by atoms with E-state index in [9.17, 15) is 4.79 Å². The van der Waals surface area contributed by atoms with Gasteiger partial charge in [0.1, 0.15) is 5.52 Å². The van der Waals surface area contributed by atoms with E-state index >= 15 is 0 Å². The lowest BCUT2D eigenvalue weighted by Crippen LogP contribution is -2.26. The number of amides is 1. The summed E-state index contributed by atoms with van der Waals surface area (Å²) in [5, 5.41) is 8.07. The van der Waals surface area contributed by atoms with Gasteiger partial charge in [0.2, 0.25) is 5.95 Å². The fourth-order valence-electron chi connectivity index (χ4n) is 3.41. The maximum atomic E-state index is 12.6. The van der Waals surface area contributed by atoms with Crippen molar-refractivity contribution in [1.82, 2.24) is 19.9 Å². The van der Waals surface area contributed by atoms with E-state index in [0.29, 0.717) is 27.1 Å². The fraction of sp³-hybridized carbons (Fsp3) is 0.130. The summed E-state index contributed by atoms with van der Waals surface area (Å²) in [4.78, 5) is 29.7. The Balaban J connectivity index is 2.01. The van der Waals surface area contributed by atoms with E-state index in [1.807, 2.05) is 0 Å². The van der Waals surface area contributed by atoms with Crippen molar-refractivity contribution in [3.8, 4) is 5.75 Å². The molecule has 0 fully saturated rings. The van der Waals surface area contributed by atoms with Crippen molar-refractivity contribution in [2.75, 3.05) is 19.4 Å². The molecule has 2 heterocycles. The number of ether oxygens (including phenoxy) is 1. The molecule has 0 aliphatic carbocycles. The van der Waals surface area contributed by atoms with Gasteiger partial charge in [0, 0.05) is 48.5 Å². The van der Waals surface area contributed by atoms with E-state index in [4.69, 9.17) is 33.5 Å². The van der Waals surface area contributed by atoms with Crippen LogP contribution in [0.15, 0.2) is 66.2 Å². The highest BCUT2D eigenvalue weighted by atomic mass is 35.5. The molecule has 1 unspecified atom stereocenters. The Kier molecular flexibility index (Phi) is 7.17. The second-order valence-corrected chi connectivity index (χ2v) is 8.24. The van der Waals surface area contributed by atoms with Gasteiger partial charge in [0.15, 0.2) is 5.75 Å². The van der Waals surface area contributed by atoms with Gasteiger partial charge in [0.25, 0.3) is 0 Å². The lowest BCUT2D eigenvalue weighted by atomic mass is 9.95. The van der Waals surface area contributed by atoms with Crippen LogP contribution < -0.4 is 10.1 Å². The van der Waals surface area contributed by atoms with Gasteiger partial charge in [-0.25, -0.2) is 14.8 Å². The Morgan fingerprint density at radius 1 is 1.09 bits per heavy atom. The Morgan fingerprint density at radius 2 is 1.83 bits per heavy atom. The average molecular weight is 509 g/mol. The third-order valence-electron chi connectivity index (χ3n) is 5.00. The molecule has 0 aliphatic heterocycles. The number of rotatable bonds is 6. The molecular weight excluding hydrogens is 491 g/mol. The zero-order valence-corrected chi connectivity index (χ0v) is 20.1. The van der Waals surface area contributed by atoms with Crippen molar-refractivity contribution in [2.45, 2.75) is 6.04 Å². The number of carbonyl (C=O) groups excluding carboxylic acids is 1. The minimum Gasteiger partial charge on any atom is -0.407 e. The molecule has 4 aromatic rings. The van der Waals surface area contributed by atoms with Crippen LogP contribution in [0.5, 0.6) is 5.75 Å². The summed E-state index contributed by atoms with van der Waals surface area (Å²) in [6.45, 7) is 0. The predicted molar refractivity (Wildman–Crippen MR) is 134 cm³/mol. The molecule has 12 heteroatoms. The number of nitrogens with one attached hydrogen (secondary N) is 1. The SMILES string of the molecule is CN(C)C(=O)Oc1c(C(Nc2ncccn2)c2cccc(N=[N+]=[N-])c2Cl)cc(Cl)c2cccnc12. The second-order valence-electron chi connectivity index (χ2n) is 7.46. The number of anilines is 1. The molecule has 0 spiro atoms. The first kappa shape index (κ1) is 24.0. The molecule has 176 valence electrons. The summed E-state index contributed by atoms with van der Waals surface area (Å²) in [6.07, 6.45) is 4.12. The normalized spacial score (nSPS) is 11.4. The van der Waals surface area contributed by atoms with Crippen LogP contribution in [0.25, 0.3) is 21.3 Å². The second kappa shape index (κ2) is 10.4. The van der Waals surface area contributed by atoms with E-state index in [-0.39, 0.29) is 22.4 Å². The van der Waals surface area contributed by atoms with Gasteiger partial charge in [-0.05, 0) is 35.4 Å². The first-order valence-electron chi connectivity index (χ1n) is 10.2. The molecular formula is C23H18Cl2N8O2. The third kappa shape index (κ3) is 5.04. The summed E-state index contributed by atoms with van der Waals surface area (Å²) in [6, 6.07) is 11.1. The number of aromatic nitrogens is 3. The van der Waals surface area contributed by atoms with Gasteiger partial charge in [-0.3, -0.25) is 4.98 Å². The van der Waals surface area contributed by atoms with Gasteiger partial charge in [-0.1, -0.05) is 46.5 Å². The van der Waals surface area contributed by atoms with Crippen molar-refractivity contribution < 1.29 is 9.53 Å². The standard InChI is InChI=1S/C23H18Cl2N8O2/c1-33(2)23(34)35-21-15(12-16(24)13-7-4-9-27-20(13)21)19(30-22-28-10-5-11-29-22)14-6-3-8-17(18(14)25)31-32-26/h3-12,19H,1-2H3,(H,28,29,30). The lowest BCUT2D eigenvalue weighted by molar-refractivity contribution is 0.172. The molecule has 4 rings (SSSR count). The summed E-state index contributed by atoms with van der Waals surface area (Å²) in [5.41, 5.74) is 10.5. The average Bonchev–Trinajstić information content (AvgIpc) is 2.86. The Morgan fingerprint density at radius 3 is 2.54 bits per heavy atom. The minimum atomic E-state index is -0.771. The summed E-state index contributed by atoms with van der Waals surface area (Å²) < 4.78 is 5.79. The maximum absolute atomic E-state index is 12.6. The van der Waals surface area contributed by atoms with Crippen LogP contribution in [-0.4, -0.2) is 40.0 Å². The molecule has 0 aliphatic rings. The third-order valence-corrected chi connectivity index (χ3v) is 5.73. The van der Waals surface area contributed by atoms with Crippen molar-refractivity contribution in [3.05, 3.63) is 92.7 Å². The number of halogens is 2. The van der Waals surface area contributed by atoms with E-state index < -0.39 is 12.1 Å². The highest BCUT2D eigenvalue weighted by Gasteiger charge is 2.27. The molecule has 35 heavy (non-hydrogen) atoms. The highest BCUT2D eigenvalue weighted by molar-refractivity contribution is 6.36. The number of hydrogen-bond donors (Lipinski definition) is 1. The molecule has 2 aromatic carbocycles. The molecule has 1 amide bonds.